The first kappa shape index (κ1) is 19.4. The molecule has 1 heterocycles. The largest absolute Gasteiger partial charge is 0.325 e. The molecular formula is C22H25N3OS. The number of thioether (sulfide) groups is 1. The Labute approximate surface area is 164 Å². The molecule has 0 bridgehead atoms. The number of carbonyl (C=O) groups is 1. The van der Waals surface area contributed by atoms with Crippen LogP contribution in [0.5, 0.6) is 0 Å². The predicted octanol–water partition coefficient (Wildman–Crippen LogP) is 5.57. The van der Waals surface area contributed by atoms with E-state index in [2.05, 4.69) is 35.2 Å². The van der Waals surface area contributed by atoms with Crippen LogP contribution in [-0.4, -0.2) is 21.1 Å². The van der Waals surface area contributed by atoms with Gasteiger partial charge in [-0.1, -0.05) is 62.0 Å². The smallest absolute Gasteiger partial charge is 0.237 e. The molecule has 4 nitrogen and oxygen atoms in total. The van der Waals surface area contributed by atoms with Crippen LogP contribution in [0.2, 0.25) is 0 Å². The summed E-state index contributed by atoms with van der Waals surface area (Å²) in [4.78, 5) is 21.9. The number of fused-ring (bicyclic) bond motifs is 1. The average Bonchev–Trinajstić information content (AvgIpc) is 2.67. The Morgan fingerprint density at radius 1 is 1.07 bits per heavy atom. The molecule has 5 heteroatoms. The summed E-state index contributed by atoms with van der Waals surface area (Å²) >= 11 is 1.47. The molecule has 2 aromatic carbocycles. The Hall–Kier alpha value is -2.40. The Morgan fingerprint density at radius 3 is 2.56 bits per heavy atom. The maximum Gasteiger partial charge on any atom is 0.237 e. The van der Waals surface area contributed by atoms with E-state index in [-0.39, 0.29) is 11.2 Å². The highest BCUT2D eigenvalue weighted by atomic mass is 32.2. The number of nitrogens with zero attached hydrogens (tertiary/aromatic N) is 2. The van der Waals surface area contributed by atoms with Crippen molar-refractivity contribution in [2.45, 2.75) is 50.3 Å². The van der Waals surface area contributed by atoms with Crippen LogP contribution in [-0.2, 0) is 4.79 Å². The monoisotopic (exact) mass is 379 g/mol. The standard InChI is InChI=1S/C22H25N3OS/c1-5-14(2)17-10-6-8-12-19(17)25-21(26)15(3)27-22-18-11-7-9-13-20(18)23-16(4)24-22/h6-15H,5H2,1-4H3,(H,25,26)/t14-,15-/m0/s1. The lowest BCUT2D eigenvalue weighted by Gasteiger charge is -2.18. The van der Waals surface area contributed by atoms with Gasteiger partial charge in [0, 0.05) is 11.1 Å². The fraction of sp³-hybridized carbons (Fsp3) is 0.318. The van der Waals surface area contributed by atoms with Crippen LogP contribution in [0.25, 0.3) is 10.9 Å². The highest BCUT2D eigenvalue weighted by Crippen LogP contribution is 2.31. The fourth-order valence-electron chi connectivity index (χ4n) is 2.96. The van der Waals surface area contributed by atoms with Crippen molar-refractivity contribution in [2.75, 3.05) is 5.32 Å². The molecule has 3 rings (SSSR count). The molecule has 0 radical (unpaired) electrons. The lowest BCUT2D eigenvalue weighted by Crippen LogP contribution is -2.23. The molecule has 0 spiro atoms. The van der Waals surface area contributed by atoms with E-state index in [0.29, 0.717) is 11.7 Å². The molecule has 1 amide bonds. The van der Waals surface area contributed by atoms with Crippen LogP contribution < -0.4 is 5.32 Å². The van der Waals surface area contributed by atoms with Gasteiger partial charge < -0.3 is 5.32 Å². The van der Waals surface area contributed by atoms with Gasteiger partial charge in [0.2, 0.25) is 5.91 Å². The van der Waals surface area contributed by atoms with Crippen LogP contribution in [0.1, 0.15) is 44.5 Å². The van der Waals surface area contributed by atoms with Gasteiger partial charge in [0.25, 0.3) is 0 Å². The van der Waals surface area contributed by atoms with Gasteiger partial charge in [0.05, 0.1) is 10.8 Å². The third-order valence-corrected chi connectivity index (χ3v) is 5.80. The maximum absolute atomic E-state index is 12.8. The van der Waals surface area contributed by atoms with Gasteiger partial charge in [-0.3, -0.25) is 4.79 Å². The van der Waals surface area contributed by atoms with Gasteiger partial charge in [0.15, 0.2) is 0 Å². The molecular weight excluding hydrogens is 354 g/mol. The number of benzene rings is 2. The summed E-state index contributed by atoms with van der Waals surface area (Å²) in [6.45, 7) is 8.13. The number of amides is 1. The average molecular weight is 380 g/mol. The number of anilines is 1. The second kappa shape index (κ2) is 8.53. The quantitative estimate of drug-likeness (QED) is 0.449. The number of rotatable bonds is 6. The van der Waals surface area contributed by atoms with Crippen LogP contribution >= 0.6 is 11.8 Å². The van der Waals surface area contributed by atoms with E-state index in [1.165, 1.54) is 17.3 Å². The highest BCUT2D eigenvalue weighted by Gasteiger charge is 2.19. The van der Waals surface area contributed by atoms with E-state index >= 15 is 0 Å². The second-order valence-electron chi connectivity index (χ2n) is 6.74. The number of para-hydroxylation sites is 2. The zero-order valence-corrected chi connectivity index (χ0v) is 17.0. The van der Waals surface area contributed by atoms with Crippen molar-refractivity contribution in [1.82, 2.24) is 9.97 Å². The van der Waals surface area contributed by atoms with E-state index in [9.17, 15) is 4.79 Å². The van der Waals surface area contributed by atoms with Gasteiger partial charge in [0.1, 0.15) is 10.9 Å². The molecule has 0 aliphatic rings. The third kappa shape index (κ3) is 4.48. The Kier molecular flexibility index (Phi) is 6.11. The van der Waals surface area contributed by atoms with Crippen LogP contribution in [0, 0.1) is 6.92 Å². The van der Waals surface area contributed by atoms with Crippen LogP contribution in [0.3, 0.4) is 0 Å². The first-order valence-electron chi connectivity index (χ1n) is 9.29. The molecule has 1 N–H and O–H groups in total. The number of hydrogen-bond donors (Lipinski definition) is 1. The molecule has 0 fully saturated rings. The van der Waals surface area contributed by atoms with Crippen molar-refractivity contribution in [3.05, 3.63) is 59.9 Å². The second-order valence-corrected chi connectivity index (χ2v) is 8.07. The van der Waals surface area contributed by atoms with Crippen molar-refractivity contribution >= 4 is 34.3 Å². The van der Waals surface area contributed by atoms with Gasteiger partial charge in [-0.25, -0.2) is 9.97 Å². The topological polar surface area (TPSA) is 54.9 Å². The number of aryl methyl sites for hydroxylation is 1. The minimum absolute atomic E-state index is 0.0175. The van der Waals surface area contributed by atoms with Gasteiger partial charge in [-0.05, 0) is 43.9 Å². The third-order valence-electron chi connectivity index (χ3n) is 4.70. The zero-order chi connectivity index (χ0) is 19.4. The molecule has 27 heavy (non-hydrogen) atoms. The van der Waals surface area contributed by atoms with Crippen LogP contribution in [0.15, 0.2) is 53.6 Å². The number of nitrogens with one attached hydrogen (secondary N) is 1. The minimum Gasteiger partial charge on any atom is -0.325 e. The van der Waals surface area contributed by atoms with Gasteiger partial charge >= 0.3 is 0 Å². The summed E-state index contributed by atoms with van der Waals surface area (Å²) in [5.74, 6) is 1.10. The summed E-state index contributed by atoms with van der Waals surface area (Å²) in [6, 6.07) is 15.9. The molecule has 0 unspecified atom stereocenters. The number of hydrogen-bond acceptors (Lipinski definition) is 4. The molecule has 2 atom stereocenters. The molecule has 140 valence electrons. The predicted molar refractivity (Wildman–Crippen MR) is 113 cm³/mol. The highest BCUT2D eigenvalue weighted by molar-refractivity contribution is 8.00. The van der Waals surface area contributed by atoms with Crippen molar-refractivity contribution < 1.29 is 4.79 Å². The summed E-state index contributed by atoms with van der Waals surface area (Å²) in [6.07, 6.45) is 1.03. The Balaban J connectivity index is 1.80. The fourth-order valence-corrected chi connectivity index (χ4v) is 3.95. The molecule has 0 aliphatic heterocycles. The first-order valence-corrected chi connectivity index (χ1v) is 10.2. The molecule has 0 saturated carbocycles. The summed E-state index contributed by atoms with van der Waals surface area (Å²) in [5.41, 5.74) is 2.98. The lowest BCUT2D eigenvalue weighted by molar-refractivity contribution is -0.115. The van der Waals surface area contributed by atoms with Crippen molar-refractivity contribution in [1.29, 1.82) is 0 Å². The molecule has 0 aliphatic carbocycles. The maximum atomic E-state index is 12.8. The summed E-state index contributed by atoms with van der Waals surface area (Å²) in [5, 5.41) is 4.66. The minimum atomic E-state index is -0.271. The SMILES string of the molecule is CC[C@H](C)c1ccccc1NC(=O)[C@H](C)Sc1nc(C)nc2ccccc12. The number of aromatic nitrogens is 2. The van der Waals surface area contributed by atoms with Crippen molar-refractivity contribution in [3.63, 3.8) is 0 Å². The lowest BCUT2D eigenvalue weighted by atomic mass is 9.97. The van der Waals surface area contributed by atoms with Crippen molar-refractivity contribution in [2.24, 2.45) is 0 Å². The Morgan fingerprint density at radius 2 is 1.78 bits per heavy atom. The zero-order valence-electron chi connectivity index (χ0n) is 16.2. The van der Waals surface area contributed by atoms with E-state index in [0.717, 1.165) is 28.0 Å². The molecule has 0 saturated heterocycles. The molecule has 1 aromatic heterocycles. The molecule has 3 aromatic rings. The van der Waals surface area contributed by atoms with Gasteiger partial charge in [-0.2, -0.15) is 0 Å². The Bertz CT molecular complexity index is 957. The van der Waals surface area contributed by atoms with E-state index in [1.807, 2.05) is 56.3 Å². The van der Waals surface area contributed by atoms with Crippen molar-refractivity contribution in [3.8, 4) is 0 Å². The number of carbonyl (C=O) groups excluding carboxylic acids is 1. The van der Waals surface area contributed by atoms with Gasteiger partial charge in [-0.15, -0.1) is 0 Å². The van der Waals surface area contributed by atoms with Crippen LogP contribution in [0.4, 0.5) is 5.69 Å². The normalized spacial score (nSPS) is 13.3. The van der Waals surface area contributed by atoms with E-state index in [4.69, 9.17) is 0 Å². The van der Waals surface area contributed by atoms with E-state index < -0.39 is 0 Å². The summed E-state index contributed by atoms with van der Waals surface area (Å²) in [7, 11) is 0. The van der Waals surface area contributed by atoms with E-state index in [1.54, 1.807) is 0 Å². The summed E-state index contributed by atoms with van der Waals surface area (Å²) < 4.78 is 0. The first-order chi connectivity index (χ1) is 13.0.